The van der Waals surface area contributed by atoms with Crippen molar-refractivity contribution in [2.45, 2.75) is 26.3 Å². The first-order chi connectivity index (χ1) is 7.63. The number of nitrogens with zero attached hydrogens (tertiary/aromatic N) is 1. The topological polar surface area (TPSA) is 46.5 Å². The summed E-state index contributed by atoms with van der Waals surface area (Å²) >= 11 is 0. The van der Waals surface area contributed by atoms with Gasteiger partial charge in [0.25, 0.3) is 0 Å². The van der Waals surface area contributed by atoms with Crippen LogP contribution in [0.25, 0.3) is 0 Å². The summed E-state index contributed by atoms with van der Waals surface area (Å²) < 4.78 is 0. The van der Waals surface area contributed by atoms with Crippen LogP contribution in [0.15, 0.2) is 24.3 Å². The van der Waals surface area contributed by atoms with Crippen molar-refractivity contribution in [2.75, 3.05) is 6.54 Å². The number of rotatable bonds is 4. The number of aromatic hydroxyl groups is 1. The molecule has 0 saturated carbocycles. The molecule has 0 unspecified atom stereocenters. The molecular formula is C13H16NO2-. The Morgan fingerprint density at radius 3 is 2.88 bits per heavy atom. The average molecular weight is 218 g/mol. The molecule has 0 amide bonds. The smallest absolute Gasteiger partial charge is 0.115 e. The van der Waals surface area contributed by atoms with E-state index in [0.29, 0.717) is 6.42 Å². The summed E-state index contributed by atoms with van der Waals surface area (Å²) in [6.07, 6.45) is 0.614. The lowest BCUT2D eigenvalue weighted by molar-refractivity contribution is 0.325. The molecule has 3 heteroatoms. The molecule has 1 aromatic carbocycles. The lowest BCUT2D eigenvalue weighted by Crippen LogP contribution is -2.29. The molecule has 0 aliphatic heterocycles. The molecule has 86 valence electrons. The molecule has 0 bridgehead atoms. The third-order valence-corrected chi connectivity index (χ3v) is 2.34. The Hall–Kier alpha value is -1.50. The Balaban J connectivity index is 2.55. The van der Waals surface area contributed by atoms with Crippen molar-refractivity contribution in [1.82, 2.24) is 5.06 Å². The van der Waals surface area contributed by atoms with Gasteiger partial charge in [0, 0.05) is 6.54 Å². The van der Waals surface area contributed by atoms with Crippen LogP contribution >= 0.6 is 0 Å². The first-order valence-electron chi connectivity index (χ1n) is 5.24. The standard InChI is InChI=1S/C13H16NO2/c1-3-4-8-14(16)11(2)9-12-6-5-7-13(15)10-12/h5-7,10-11,15H,8-9H2,1-2H3/q-1/t11-/m1/s1. The molecular weight excluding hydrogens is 202 g/mol. The van der Waals surface area contributed by atoms with Crippen LogP contribution in [0.2, 0.25) is 0 Å². The fourth-order valence-corrected chi connectivity index (χ4v) is 1.44. The Morgan fingerprint density at radius 1 is 1.50 bits per heavy atom. The number of hydroxylamine groups is 2. The van der Waals surface area contributed by atoms with Crippen molar-refractivity contribution in [3.8, 4) is 17.6 Å². The van der Waals surface area contributed by atoms with E-state index >= 15 is 0 Å². The predicted molar refractivity (Wildman–Crippen MR) is 64.8 cm³/mol. The molecule has 0 fully saturated rings. The molecule has 1 N–H and O–H groups in total. The zero-order valence-corrected chi connectivity index (χ0v) is 9.60. The first kappa shape index (κ1) is 12.6. The maximum absolute atomic E-state index is 11.5. The molecule has 0 spiro atoms. The van der Waals surface area contributed by atoms with E-state index in [9.17, 15) is 10.3 Å². The highest BCUT2D eigenvalue weighted by molar-refractivity contribution is 5.27. The van der Waals surface area contributed by atoms with Crippen LogP contribution < -0.4 is 0 Å². The molecule has 0 aliphatic carbocycles. The second-order valence-corrected chi connectivity index (χ2v) is 3.73. The molecule has 0 aromatic heterocycles. The highest BCUT2D eigenvalue weighted by Gasteiger charge is 2.05. The molecule has 0 saturated heterocycles. The molecule has 16 heavy (non-hydrogen) atoms. The third kappa shape index (κ3) is 3.93. The van der Waals surface area contributed by atoms with E-state index in [1.165, 1.54) is 0 Å². The largest absolute Gasteiger partial charge is 0.784 e. The van der Waals surface area contributed by atoms with Crippen LogP contribution in [0.3, 0.4) is 0 Å². The number of hydrogen-bond donors (Lipinski definition) is 1. The van der Waals surface area contributed by atoms with Crippen molar-refractivity contribution in [2.24, 2.45) is 0 Å². The Kier molecular flexibility index (Phi) is 4.84. The Morgan fingerprint density at radius 2 is 2.25 bits per heavy atom. The minimum Gasteiger partial charge on any atom is -0.784 e. The molecule has 1 rings (SSSR count). The maximum Gasteiger partial charge on any atom is 0.115 e. The van der Waals surface area contributed by atoms with E-state index in [0.717, 1.165) is 10.6 Å². The van der Waals surface area contributed by atoms with Gasteiger partial charge in [-0.05, 0) is 37.1 Å². The highest BCUT2D eigenvalue weighted by atomic mass is 16.5. The van der Waals surface area contributed by atoms with Gasteiger partial charge in [0.05, 0.1) is 0 Å². The SMILES string of the molecule is CC#CCN([O-])[C@H](C)Cc1cccc(O)c1. The summed E-state index contributed by atoms with van der Waals surface area (Å²) in [6, 6.07) is 6.83. The van der Waals surface area contributed by atoms with E-state index in [1.54, 1.807) is 25.1 Å². The minimum atomic E-state index is -0.136. The Labute approximate surface area is 96.3 Å². The van der Waals surface area contributed by atoms with Crippen LogP contribution in [0.4, 0.5) is 0 Å². The fourth-order valence-electron chi connectivity index (χ4n) is 1.44. The predicted octanol–water partition coefficient (Wildman–Crippen LogP) is 2.15. The van der Waals surface area contributed by atoms with Gasteiger partial charge in [-0.15, -0.1) is 5.92 Å². The third-order valence-electron chi connectivity index (χ3n) is 2.34. The van der Waals surface area contributed by atoms with Gasteiger partial charge in [-0.25, -0.2) is 0 Å². The van der Waals surface area contributed by atoms with Gasteiger partial charge in [-0.3, -0.25) is 0 Å². The summed E-state index contributed by atoms with van der Waals surface area (Å²) in [5.74, 6) is 5.67. The lowest BCUT2D eigenvalue weighted by Gasteiger charge is -2.33. The van der Waals surface area contributed by atoms with Crippen LogP contribution in [0.5, 0.6) is 5.75 Å². The van der Waals surface area contributed by atoms with Crippen molar-refractivity contribution in [3.63, 3.8) is 0 Å². The van der Waals surface area contributed by atoms with Gasteiger partial charge in [0.15, 0.2) is 0 Å². The summed E-state index contributed by atoms with van der Waals surface area (Å²) in [4.78, 5) is 0. The van der Waals surface area contributed by atoms with Gasteiger partial charge in [0.2, 0.25) is 0 Å². The van der Waals surface area contributed by atoms with E-state index in [-0.39, 0.29) is 18.3 Å². The number of hydrogen-bond acceptors (Lipinski definition) is 3. The molecule has 1 aromatic rings. The van der Waals surface area contributed by atoms with Crippen molar-refractivity contribution >= 4 is 0 Å². The monoisotopic (exact) mass is 218 g/mol. The second-order valence-electron chi connectivity index (χ2n) is 3.73. The van der Waals surface area contributed by atoms with Gasteiger partial charge < -0.3 is 15.4 Å². The van der Waals surface area contributed by atoms with E-state index in [4.69, 9.17) is 0 Å². The summed E-state index contributed by atoms with van der Waals surface area (Å²) in [6.45, 7) is 3.80. The van der Waals surface area contributed by atoms with E-state index < -0.39 is 0 Å². The van der Waals surface area contributed by atoms with Crippen molar-refractivity contribution < 1.29 is 5.11 Å². The Bertz CT molecular complexity index is 392. The number of benzene rings is 1. The molecule has 1 atom stereocenters. The molecule has 0 aliphatic rings. The minimum absolute atomic E-state index is 0.136. The van der Waals surface area contributed by atoms with Crippen LogP contribution in [-0.4, -0.2) is 22.8 Å². The molecule has 0 heterocycles. The molecule has 3 nitrogen and oxygen atoms in total. The summed E-state index contributed by atoms with van der Waals surface area (Å²) in [7, 11) is 0. The van der Waals surface area contributed by atoms with E-state index in [1.807, 2.05) is 13.0 Å². The van der Waals surface area contributed by atoms with Crippen LogP contribution in [0.1, 0.15) is 19.4 Å². The van der Waals surface area contributed by atoms with Gasteiger partial charge in [-0.2, -0.15) is 0 Å². The second kappa shape index (κ2) is 6.16. The lowest BCUT2D eigenvalue weighted by atomic mass is 10.1. The van der Waals surface area contributed by atoms with Gasteiger partial charge >= 0.3 is 0 Å². The average Bonchev–Trinajstić information content (AvgIpc) is 2.25. The normalized spacial score (nSPS) is 12.0. The first-order valence-corrected chi connectivity index (χ1v) is 5.24. The number of phenolic OH excluding ortho intramolecular Hbond substituents is 1. The van der Waals surface area contributed by atoms with Gasteiger partial charge in [-0.1, -0.05) is 25.0 Å². The number of phenols is 1. The zero-order valence-electron chi connectivity index (χ0n) is 9.60. The maximum atomic E-state index is 11.5. The van der Waals surface area contributed by atoms with Crippen molar-refractivity contribution in [1.29, 1.82) is 0 Å². The zero-order chi connectivity index (χ0) is 12.0. The quantitative estimate of drug-likeness (QED) is 0.622. The van der Waals surface area contributed by atoms with Crippen LogP contribution in [0, 0.1) is 17.0 Å². The van der Waals surface area contributed by atoms with Crippen LogP contribution in [-0.2, 0) is 6.42 Å². The van der Waals surface area contributed by atoms with E-state index in [2.05, 4.69) is 11.8 Å². The highest BCUT2D eigenvalue weighted by Crippen LogP contribution is 2.14. The summed E-state index contributed by atoms with van der Waals surface area (Å²) in [5.41, 5.74) is 0.956. The van der Waals surface area contributed by atoms with Crippen molar-refractivity contribution in [3.05, 3.63) is 35.0 Å². The van der Waals surface area contributed by atoms with Gasteiger partial charge in [0.1, 0.15) is 5.75 Å². The molecule has 0 radical (unpaired) electrons. The summed E-state index contributed by atoms with van der Waals surface area (Å²) in [5, 5.41) is 21.8. The fraction of sp³-hybridized carbons (Fsp3) is 0.385.